The summed E-state index contributed by atoms with van der Waals surface area (Å²) < 4.78 is 13.8. The van der Waals surface area contributed by atoms with Crippen molar-refractivity contribution < 1.29 is 9.50 Å². The summed E-state index contributed by atoms with van der Waals surface area (Å²) in [5.41, 5.74) is 0.630. The van der Waals surface area contributed by atoms with Gasteiger partial charge in [0.2, 0.25) is 0 Å². The zero-order valence-electron chi connectivity index (χ0n) is 11.1. The first-order valence-corrected chi connectivity index (χ1v) is 6.82. The van der Waals surface area contributed by atoms with Crippen LogP contribution < -0.4 is 5.32 Å². The Kier molecular flexibility index (Phi) is 4.23. The highest BCUT2D eigenvalue weighted by molar-refractivity contribution is 5.29. The van der Waals surface area contributed by atoms with Gasteiger partial charge < -0.3 is 10.4 Å². The lowest BCUT2D eigenvalue weighted by atomic mass is 9.85. The topological polar surface area (TPSA) is 32.3 Å². The first kappa shape index (κ1) is 13.3. The Balaban J connectivity index is 2.04. The molecule has 2 rings (SSSR count). The van der Waals surface area contributed by atoms with Crippen LogP contribution >= 0.6 is 0 Å². The molecule has 1 aromatic rings. The molecule has 2 nitrogen and oxygen atoms in total. The van der Waals surface area contributed by atoms with Gasteiger partial charge in [0.15, 0.2) is 0 Å². The first-order chi connectivity index (χ1) is 8.58. The summed E-state index contributed by atoms with van der Waals surface area (Å²) in [5.74, 6) is 0.300. The molecule has 1 saturated carbocycles. The molecular formula is C15H22FNO. The molecule has 0 saturated heterocycles. The molecule has 0 amide bonds. The molecule has 18 heavy (non-hydrogen) atoms. The molecule has 0 aromatic heterocycles. The van der Waals surface area contributed by atoms with E-state index in [2.05, 4.69) is 12.2 Å². The number of aromatic hydroxyl groups is 1. The first-order valence-electron chi connectivity index (χ1n) is 6.82. The predicted molar refractivity (Wildman–Crippen MR) is 71.0 cm³/mol. The van der Waals surface area contributed by atoms with Gasteiger partial charge in [-0.05, 0) is 31.7 Å². The Morgan fingerprint density at radius 1 is 1.33 bits per heavy atom. The Morgan fingerprint density at radius 3 is 2.72 bits per heavy atom. The highest BCUT2D eigenvalue weighted by atomic mass is 19.1. The van der Waals surface area contributed by atoms with Gasteiger partial charge in [0.05, 0.1) is 0 Å². The van der Waals surface area contributed by atoms with Crippen LogP contribution in [0, 0.1) is 11.7 Å². The second-order valence-electron chi connectivity index (χ2n) is 5.46. The highest BCUT2D eigenvalue weighted by Gasteiger charge is 2.23. The summed E-state index contributed by atoms with van der Waals surface area (Å²) in [6.07, 6.45) is 4.99. The van der Waals surface area contributed by atoms with Gasteiger partial charge in [-0.25, -0.2) is 4.39 Å². The van der Waals surface area contributed by atoms with E-state index in [0.717, 1.165) is 0 Å². The smallest absolute Gasteiger partial charge is 0.131 e. The minimum absolute atomic E-state index is 0.0175. The SMILES string of the molecule is CC(NC1CCCCC1C)c1ccc(O)cc1F. The van der Waals surface area contributed by atoms with E-state index in [9.17, 15) is 9.50 Å². The van der Waals surface area contributed by atoms with Crippen LogP contribution in [0.25, 0.3) is 0 Å². The van der Waals surface area contributed by atoms with Gasteiger partial charge in [-0.3, -0.25) is 0 Å². The van der Waals surface area contributed by atoms with Crippen LogP contribution in [0.2, 0.25) is 0 Å². The predicted octanol–water partition coefficient (Wildman–Crippen LogP) is 3.76. The number of hydrogen-bond acceptors (Lipinski definition) is 2. The maximum Gasteiger partial charge on any atom is 0.131 e. The largest absolute Gasteiger partial charge is 0.508 e. The fraction of sp³-hybridized carbons (Fsp3) is 0.600. The van der Waals surface area contributed by atoms with Gasteiger partial charge in [-0.1, -0.05) is 25.8 Å². The summed E-state index contributed by atoms with van der Waals surface area (Å²) in [4.78, 5) is 0. The van der Waals surface area contributed by atoms with Crippen LogP contribution in [0.1, 0.15) is 51.1 Å². The number of nitrogens with one attached hydrogen (secondary N) is 1. The fourth-order valence-electron chi connectivity index (χ4n) is 2.84. The molecule has 1 aromatic carbocycles. The fourth-order valence-corrected chi connectivity index (χ4v) is 2.84. The lowest BCUT2D eigenvalue weighted by Crippen LogP contribution is -2.38. The van der Waals surface area contributed by atoms with Gasteiger partial charge in [-0.2, -0.15) is 0 Å². The Labute approximate surface area is 108 Å². The molecule has 2 N–H and O–H groups in total. The minimum atomic E-state index is -0.335. The zero-order chi connectivity index (χ0) is 13.1. The van der Waals surface area contributed by atoms with Crippen molar-refractivity contribution >= 4 is 0 Å². The molecule has 0 bridgehead atoms. The lowest BCUT2D eigenvalue weighted by molar-refractivity contribution is 0.262. The van der Waals surface area contributed by atoms with E-state index in [-0.39, 0.29) is 17.6 Å². The summed E-state index contributed by atoms with van der Waals surface area (Å²) in [5, 5.41) is 12.7. The van der Waals surface area contributed by atoms with Crippen molar-refractivity contribution in [3.05, 3.63) is 29.6 Å². The molecular weight excluding hydrogens is 229 g/mol. The van der Waals surface area contributed by atoms with Crippen LogP contribution in [0.3, 0.4) is 0 Å². The van der Waals surface area contributed by atoms with Gasteiger partial charge in [0.25, 0.3) is 0 Å². The number of phenols is 1. The van der Waals surface area contributed by atoms with Crippen LogP contribution in [0.5, 0.6) is 5.75 Å². The van der Waals surface area contributed by atoms with Crippen molar-refractivity contribution in [3.63, 3.8) is 0 Å². The summed E-state index contributed by atoms with van der Waals surface area (Å²) in [6.45, 7) is 4.24. The number of halogens is 1. The third kappa shape index (κ3) is 3.02. The number of benzene rings is 1. The maximum atomic E-state index is 13.8. The Morgan fingerprint density at radius 2 is 2.06 bits per heavy atom. The average Bonchev–Trinajstić information content (AvgIpc) is 2.32. The third-order valence-electron chi connectivity index (χ3n) is 4.03. The summed E-state index contributed by atoms with van der Waals surface area (Å²) in [6, 6.07) is 4.84. The molecule has 0 aliphatic heterocycles. The van der Waals surface area contributed by atoms with Crippen molar-refractivity contribution in [3.8, 4) is 5.75 Å². The molecule has 1 aliphatic rings. The van der Waals surface area contributed by atoms with Crippen LogP contribution in [-0.4, -0.2) is 11.1 Å². The number of phenolic OH excluding ortho intramolecular Hbond substituents is 1. The van der Waals surface area contributed by atoms with Gasteiger partial charge >= 0.3 is 0 Å². The molecule has 3 unspecified atom stereocenters. The molecule has 1 fully saturated rings. The van der Waals surface area contributed by atoms with E-state index in [1.54, 1.807) is 12.1 Å². The van der Waals surface area contributed by atoms with Gasteiger partial charge in [0, 0.05) is 23.7 Å². The van der Waals surface area contributed by atoms with Crippen LogP contribution in [0.15, 0.2) is 18.2 Å². The standard InChI is InChI=1S/C15H22FNO/c1-10-5-3-4-6-15(10)17-11(2)13-8-7-12(18)9-14(13)16/h7-11,15,17-18H,3-6H2,1-2H3. The van der Waals surface area contributed by atoms with E-state index >= 15 is 0 Å². The minimum Gasteiger partial charge on any atom is -0.508 e. The van der Waals surface area contributed by atoms with E-state index in [4.69, 9.17) is 0 Å². The van der Waals surface area contributed by atoms with E-state index in [1.165, 1.54) is 31.7 Å². The van der Waals surface area contributed by atoms with Crippen molar-refractivity contribution in [2.75, 3.05) is 0 Å². The summed E-state index contributed by atoms with van der Waals surface area (Å²) in [7, 11) is 0. The molecule has 0 heterocycles. The monoisotopic (exact) mass is 251 g/mol. The average molecular weight is 251 g/mol. The van der Waals surface area contributed by atoms with Crippen LogP contribution in [0.4, 0.5) is 4.39 Å². The van der Waals surface area contributed by atoms with Crippen molar-refractivity contribution in [1.82, 2.24) is 5.32 Å². The molecule has 0 radical (unpaired) electrons. The maximum absolute atomic E-state index is 13.8. The molecule has 3 atom stereocenters. The summed E-state index contributed by atoms with van der Waals surface area (Å²) >= 11 is 0. The molecule has 1 aliphatic carbocycles. The molecule has 0 spiro atoms. The quantitative estimate of drug-likeness (QED) is 0.857. The van der Waals surface area contributed by atoms with Crippen molar-refractivity contribution in [1.29, 1.82) is 0 Å². The van der Waals surface area contributed by atoms with E-state index in [1.807, 2.05) is 6.92 Å². The number of hydrogen-bond donors (Lipinski definition) is 2. The molecule has 100 valence electrons. The Hall–Kier alpha value is -1.09. The van der Waals surface area contributed by atoms with E-state index in [0.29, 0.717) is 17.5 Å². The third-order valence-corrected chi connectivity index (χ3v) is 4.03. The van der Waals surface area contributed by atoms with Crippen molar-refractivity contribution in [2.45, 2.75) is 51.6 Å². The second kappa shape index (κ2) is 5.70. The lowest BCUT2D eigenvalue weighted by Gasteiger charge is -2.32. The zero-order valence-corrected chi connectivity index (χ0v) is 11.1. The second-order valence-corrected chi connectivity index (χ2v) is 5.46. The van der Waals surface area contributed by atoms with Gasteiger partial charge in [0.1, 0.15) is 11.6 Å². The van der Waals surface area contributed by atoms with Crippen molar-refractivity contribution in [2.24, 2.45) is 5.92 Å². The number of rotatable bonds is 3. The van der Waals surface area contributed by atoms with Crippen LogP contribution in [-0.2, 0) is 0 Å². The molecule has 3 heteroatoms. The van der Waals surface area contributed by atoms with Gasteiger partial charge in [-0.15, -0.1) is 0 Å². The normalized spacial score (nSPS) is 25.9. The Bertz CT molecular complexity index is 407. The highest BCUT2D eigenvalue weighted by Crippen LogP contribution is 2.27. The van der Waals surface area contributed by atoms with E-state index < -0.39 is 0 Å².